The van der Waals surface area contributed by atoms with Gasteiger partial charge in [0.1, 0.15) is 6.17 Å². The van der Waals surface area contributed by atoms with Crippen LogP contribution in [0.15, 0.2) is 41.4 Å². The van der Waals surface area contributed by atoms with E-state index in [9.17, 15) is 0 Å². The number of para-hydroxylation sites is 1. The van der Waals surface area contributed by atoms with E-state index in [1.54, 1.807) is 26.6 Å². The summed E-state index contributed by atoms with van der Waals surface area (Å²) in [6.07, 6.45) is 1.25. The molecule has 0 aliphatic carbocycles. The van der Waals surface area contributed by atoms with E-state index in [2.05, 4.69) is 4.99 Å². The van der Waals surface area contributed by atoms with Gasteiger partial charge in [0, 0.05) is 17.3 Å². The van der Waals surface area contributed by atoms with Crippen LogP contribution in [0.25, 0.3) is 0 Å². The first-order valence-electron chi connectivity index (χ1n) is 6.85. The minimum Gasteiger partial charge on any atom is -0.493 e. The van der Waals surface area contributed by atoms with Crippen molar-refractivity contribution in [1.29, 1.82) is 0 Å². The quantitative estimate of drug-likeness (QED) is 0.850. The Morgan fingerprint density at radius 2 is 1.86 bits per heavy atom. The van der Waals surface area contributed by atoms with Gasteiger partial charge in [-0.2, -0.15) is 0 Å². The second kappa shape index (κ2) is 5.57. The fourth-order valence-corrected chi connectivity index (χ4v) is 2.60. The number of methoxy groups -OCH3 is 2. The molecule has 0 amide bonds. The van der Waals surface area contributed by atoms with Crippen molar-refractivity contribution in [2.24, 2.45) is 10.7 Å². The van der Waals surface area contributed by atoms with E-state index in [4.69, 9.17) is 20.9 Å². The lowest BCUT2D eigenvalue weighted by atomic mass is 10.0. The molecular weight excluding hydrogens is 280 g/mol. The normalized spacial score (nSPS) is 16.3. The molecule has 0 bridgehead atoms. The molecule has 1 unspecified atom stereocenters. The van der Waals surface area contributed by atoms with Gasteiger partial charge in [-0.1, -0.05) is 18.2 Å². The number of hydrogen-bond donors (Lipinski definition) is 2. The lowest BCUT2D eigenvalue weighted by Gasteiger charge is -2.32. The minimum atomic E-state index is -0.449. The van der Waals surface area contributed by atoms with Crippen molar-refractivity contribution in [1.82, 2.24) is 0 Å². The number of nitrogens with zero attached hydrogens (tertiary/aromatic N) is 2. The van der Waals surface area contributed by atoms with E-state index in [1.807, 2.05) is 35.2 Å². The molecule has 4 N–H and O–H groups in total. The fourth-order valence-electron chi connectivity index (χ4n) is 2.60. The maximum Gasteiger partial charge on any atom is 0.184 e. The molecule has 2 aromatic rings. The van der Waals surface area contributed by atoms with Crippen molar-refractivity contribution < 1.29 is 9.47 Å². The van der Waals surface area contributed by atoms with E-state index in [0.717, 1.165) is 11.3 Å². The lowest BCUT2D eigenvalue weighted by molar-refractivity contribution is 0.356. The highest BCUT2D eigenvalue weighted by molar-refractivity contribution is 5.89. The molecule has 0 saturated carbocycles. The number of rotatable bonds is 3. The summed E-state index contributed by atoms with van der Waals surface area (Å²) in [6, 6.07) is 11.6. The van der Waals surface area contributed by atoms with Gasteiger partial charge < -0.3 is 25.8 Å². The number of nitrogen functional groups attached to an aromatic ring is 1. The summed E-state index contributed by atoms with van der Waals surface area (Å²) < 4.78 is 10.6. The molecule has 3 rings (SSSR count). The lowest BCUT2D eigenvalue weighted by Crippen LogP contribution is -2.36. The molecule has 0 fully saturated rings. The molecule has 1 atom stereocenters. The third-order valence-corrected chi connectivity index (χ3v) is 3.70. The first-order valence-corrected chi connectivity index (χ1v) is 6.85. The van der Waals surface area contributed by atoms with E-state index in [0.29, 0.717) is 22.9 Å². The van der Waals surface area contributed by atoms with Crippen LogP contribution in [-0.4, -0.2) is 20.6 Å². The highest BCUT2D eigenvalue weighted by Crippen LogP contribution is 2.46. The standard InChI is InChI=1S/C16H18N4O2/c1-21-12-8-11-13(14(17)15(12)22-2)16(18)20(9-19-11)10-6-4-3-5-7-10/h3-9,16H,17-18H2,1-2H3. The average molecular weight is 298 g/mol. The van der Waals surface area contributed by atoms with Gasteiger partial charge in [0.05, 0.1) is 31.9 Å². The molecule has 1 heterocycles. The van der Waals surface area contributed by atoms with Crippen LogP contribution in [0.4, 0.5) is 17.1 Å². The van der Waals surface area contributed by atoms with Crippen LogP contribution in [0.5, 0.6) is 11.5 Å². The van der Waals surface area contributed by atoms with Crippen molar-refractivity contribution in [2.75, 3.05) is 24.9 Å². The van der Waals surface area contributed by atoms with Crippen molar-refractivity contribution in [3.63, 3.8) is 0 Å². The summed E-state index contributed by atoms with van der Waals surface area (Å²) in [5.41, 5.74) is 15.4. The monoisotopic (exact) mass is 298 g/mol. The number of ether oxygens (including phenoxy) is 2. The highest BCUT2D eigenvalue weighted by Gasteiger charge is 2.28. The summed E-state index contributed by atoms with van der Waals surface area (Å²) in [6.45, 7) is 0. The first kappa shape index (κ1) is 14.2. The number of anilines is 2. The molecule has 114 valence electrons. The zero-order valence-electron chi connectivity index (χ0n) is 12.5. The van der Waals surface area contributed by atoms with Crippen molar-refractivity contribution >= 4 is 23.4 Å². The van der Waals surface area contributed by atoms with E-state index >= 15 is 0 Å². The van der Waals surface area contributed by atoms with Crippen LogP contribution in [0.1, 0.15) is 11.7 Å². The summed E-state index contributed by atoms with van der Waals surface area (Å²) >= 11 is 0. The molecule has 22 heavy (non-hydrogen) atoms. The highest BCUT2D eigenvalue weighted by atomic mass is 16.5. The van der Waals surface area contributed by atoms with Gasteiger partial charge in [0.2, 0.25) is 0 Å². The summed E-state index contributed by atoms with van der Waals surface area (Å²) in [5.74, 6) is 1.01. The molecule has 0 aromatic heterocycles. The zero-order chi connectivity index (χ0) is 15.7. The number of benzene rings is 2. The van der Waals surface area contributed by atoms with Gasteiger partial charge in [-0.25, -0.2) is 4.99 Å². The number of nitrogens with two attached hydrogens (primary N) is 2. The Bertz CT molecular complexity index is 716. The maximum absolute atomic E-state index is 6.40. The second-order valence-corrected chi connectivity index (χ2v) is 4.89. The van der Waals surface area contributed by atoms with Gasteiger partial charge in [0.25, 0.3) is 0 Å². The van der Waals surface area contributed by atoms with Crippen molar-refractivity contribution in [3.05, 3.63) is 42.0 Å². The summed E-state index contributed by atoms with van der Waals surface area (Å²) in [5, 5.41) is 0. The van der Waals surface area contributed by atoms with Crippen LogP contribution >= 0.6 is 0 Å². The van der Waals surface area contributed by atoms with Crippen LogP contribution in [0.2, 0.25) is 0 Å². The first-order chi connectivity index (χ1) is 10.7. The molecule has 0 spiro atoms. The van der Waals surface area contributed by atoms with E-state index in [1.165, 1.54) is 0 Å². The van der Waals surface area contributed by atoms with E-state index < -0.39 is 6.17 Å². The molecule has 6 nitrogen and oxygen atoms in total. The Balaban J connectivity index is 2.12. The number of hydrogen-bond acceptors (Lipinski definition) is 6. The van der Waals surface area contributed by atoms with Gasteiger partial charge in [0.15, 0.2) is 11.5 Å². The molecule has 1 aliphatic rings. The molecule has 0 radical (unpaired) electrons. The van der Waals surface area contributed by atoms with Gasteiger partial charge >= 0.3 is 0 Å². The predicted molar refractivity (Wildman–Crippen MR) is 88.0 cm³/mol. The number of aliphatic imine (C=N–C) groups is 1. The predicted octanol–water partition coefficient (Wildman–Crippen LogP) is 2.42. The fraction of sp³-hybridized carbons (Fsp3) is 0.188. The zero-order valence-corrected chi connectivity index (χ0v) is 12.5. The second-order valence-electron chi connectivity index (χ2n) is 4.89. The smallest absolute Gasteiger partial charge is 0.184 e. The molecule has 1 aliphatic heterocycles. The van der Waals surface area contributed by atoms with E-state index in [-0.39, 0.29) is 0 Å². The summed E-state index contributed by atoms with van der Waals surface area (Å²) in [4.78, 5) is 6.32. The SMILES string of the molecule is COc1cc2c(c(N)c1OC)C(N)N(c1ccccc1)C=N2. The van der Waals surface area contributed by atoms with Crippen LogP contribution < -0.4 is 25.8 Å². The molecular formula is C16H18N4O2. The van der Waals surface area contributed by atoms with Crippen LogP contribution in [0, 0.1) is 0 Å². The largest absolute Gasteiger partial charge is 0.493 e. The Morgan fingerprint density at radius 3 is 2.50 bits per heavy atom. The minimum absolute atomic E-state index is 0.446. The summed E-state index contributed by atoms with van der Waals surface area (Å²) in [7, 11) is 3.11. The van der Waals surface area contributed by atoms with Crippen molar-refractivity contribution in [2.45, 2.75) is 6.17 Å². The topological polar surface area (TPSA) is 86.1 Å². The molecule has 6 heteroatoms. The maximum atomic E-state index is 6.40. The average Bonchev–Trinajstić information content (AvgIpc) is 2.55. The Hall–Kier alpha value is -2.73. The Kier molecular flexibility index (Phi) is 3.60. The third kappa shape index (κ3) is 2.14. The van der Waals surface area contributed by atoms with Crippen LogP contribution in [-0.2, 0) is 0 Å². The van der Waals surface area contributed by atoms with Gasteiger partial charge in [-0.05, 0) is 12.1 Å². The Morgan fingerprint density at radius 1 is 1.14 bits per heavy atom. The van der Waals surface area contributed by atoms with Gasteiger partial charge in [-0.15, -0.1) is 0 Å². The van der Waals surface area contributed by atoms with Crippen LogP contribution in [0.3, 0.4) is 0 Å². The number of fused-ring (bicyclic) bond motifs is 1. The Labute approximate surface area is 129 Å². The van der Waals surface area contributed by atoms with Gasteiger partial charge in [-0.3, -0.25) is 0 Å². The molecule has 0 saturated heterocycles. The molecule has 2 aromatic carbocycles. The third-order valence-electron chi connectivity index (χ3n) is 3.70. The van der Waals surface area contributed by atoms with Crippen molar-refractivity contribution in [3.8, 4) is 11.5 Å².